The third kappa shape index (κ3) is 8.55. The molecule has 0 saturated carbocycles. The molecule has 0 bridgehead atoms. The summed E-state index contributed by atoms with van der Waals surface area (Å²) in [6.07, 6.45) is 11.6. The standard InChI is InChI=1S/C46H50N10O4/c1-30(54(2)44(57)39(53-46(59)60-3)32-14-7-4-8-15-32)41-49-28-36(51-41)31-19-21-34(22-20-31)42-47-26-35(27-48-42)37-29-50-43(52-37)38-18-13-25-56(38)45(58)40(33-16-9-5-10-17-33)55-23-11-6-12-24-55/h4-5,7-10,14-17,19-22,26-30,38-40H,6,11-13,18,23-25H2,1-3H3,(H,49,51)(H,50,52)(H,53,59)/t30-,38-,39+,40+/m0/s1. The summed E-state index contributed by atoms with van der Waals surface area (Å²) in [5.41, 5.74) is 5.83. The summed E-state index contributed by atoms with van der Waals surface area (Å²) < 4.78 is 4.78. The third-order valence-corrected chi connectivity index (χ3v) is 11.7. The van der Waals surface area contributed by atoms with E-state index < -0.39 is 18.2 Å². The van der Waals surface area contributed by atoms with E-state index in [4.69, 9.17) is 9.72 Å². The van der Waals surface area contributed by atoms with Gasteiger partial charge in [0.25, 0.3) is 0 Å². The van der Waals surface area contributed by atoms with Gasteiger partial charge in [0, 0.05) is 37.1 Å². The van der Waals surface area contributed by atoms with Crippen LogP contribution in [0.1, 0.15) is 86.0 Å². The van der Waals surface area contributed by atoms with Crippen molar-refractivity contribution in [3.05, 3.63) is 132 Å². The van der Waals surface area contributed by atoms with Crippen LogP contribution in [0.5, 0.6) is 0 Å². The van der Waals surface area contributed by atoms with Gasteiger partial charge in [0.2, 0.25) is 11.8 Å². The Labute approximate surface area is 349 Å². The quantitative estimate of drug-likeness (QED) is 0.114. The molecule has 2 saturated heterocycles. The number of likely N-dealkylation sites (tertiary alicyclic amines) is 2. The highest BCUT2D eigenvalue weighted by molar-refractivity contribution is 5.87. The number of carbonyl (C=O) groups excluding carboxylic acids is 3. The second-order valence-corrected chi connectivity index (χ2v) is 15.4. The van der Waals surface area contributed by atoms with E-state index >= 15 is 0 Å². The molecule has 308 valence electrons. The number of benzene rings is 3. The van der Waals surface area contributed by atoms with Crippen molar-refractivity contribution in [3.63, 3.8) is 0 Å². The minimum absolute atomic E-state index is 0.124. The Morgan fingerprint density at radius 2 is 1.37 bits per heavy atom. The number of carbonyl (C=O) groups is 3. The van der Waals surface area contributed by atoms with Crippen LogP contribution in [0, 0.1) is 0 Å². The zero-order chi connectivity index (χ0) is 41.6. The number of piperidine rings is 1. The van der Waals surface area contributed by atoms with Crippen LogP contribution in [0.15, 0.2) is 110 Å². The number of hydrogen-bond donors (Lipinski definition) is 3. The molecule has 6 aromatic rings. The second kappa shape index (κ2) is 18.1. The first-order chi connectivity index (χ1) is 29.3. The van der Waals surface area contributed by atoms with Crippen LogP contribution in [-0.4, -0.2) is 96.3 Å². The SMILES string of the molecule is COC(=O)N[C@@H](C(=O)N(C)[C@@H](C)c1ncc(-c2ccc(-c3ncc(-c4cnc([C@@H]5CCCN5C(=O)[C@@H](c5ccccc5)N5CCCCC5)[nH]4)cn3)cc2)[nH]1)c1ccccc1. The lowest BCUT2D eigenvalue weighted by molar-refractivity contribution is -0.139. The van der Waals surface area contributed by atoms with Crippen LogP contribution in [0.25, 0.3) is 33.9 Å². The molecule has 0 unspecified atom stereocenters. The average Bonchev–Trinajstić information content (AvgIpc) is 4.11. The number of alkyl carbamates (subject to hydrolysis) is 1. The van der Waals surface area contributed by atoms with Crippen LogP contribution >= 0.6 is 0 Å². The fraction of sp³-hybridized carbons (Fsp3) is 0.326. The van der Waals surface area contributed by atoms with Crippen molar-refractivity contribution < 1.29 is 19.1 Å². The lowest BCUT2D eigenvalue weighted by Gasteiger charge is -2.37. The zero-order valence-corrected chi connectivity index (χ0v) is 34.1. The van der Waals surface area contributed by atoms with E-state index in [1.54, 1.807) is 48.9 Å². The Kier molecular flexibility index (Phi) is 12.1. The van der Waals surface area contributed by atoms with E-state index in [1.807, 2.05) is 72.5 Å². The molecule has 5 heterocycles. The summed E-state index contributed by atoms with van der Waals surface area (Å²) in [5, 5.41) is 2.65. The minimum Gasteiger partial charge on any atom is -0.453 e. The maximum atomic E-state index is 14.3. The highest BCUT2D eigenvalue weighted by Gasteiger charge is 2.39. The van der Waals surface area contributed by atoms with Crippen LogP contribution in [0.3, 0.4) is 0 Å². The summed E-state index contributed by atoms with van der Waals surface area (Å²) in [6.45, 7) is 4.44. The number of nitrogens with one attached hydrogen (secondary N) is 3. The number of ether oxygens (including phenoxy) is 1. The minimum atomic E-state index is -0.927. The fourth-order valence-electron chi connectivity index (χ4n) is 8.24. The molecule has 0 radical (unpaired) electrons. The number of imidazole rings is 2. The number of nitrogens with zero attached hydrogens (tertiary/aromatic N) is 7. The number of aromatic nitrogens is 6. The molecule has 2 aliphatic heterocycles. The Bertz CT molecular complexity index is 2380. The zero-order valence-electron chi connectivity index (χ0n) is 34.1. The van der Waals surface area contributed by atoms with E-state index in [2.05, 4.69) is 47.3 Å². The van der Waals surface area contributed by atoms with Gasteiger partial charge < -0.3 is 29.8 Å². The second-order valence-electron chi connectivity index (χ2n) is 15.4. The van der Waals surface area contributed by atoms with E-state index in [0.29, 0.717) is 23.8 Å². The Balaban J connectivity index is 0.919. The fourth-order valence-corrected chi connectivity index (χ4v) is 8.24. The van der Waals surface area contributed by atoms with Gasteiger partial charge in [0.05, 0.1) is 43.0 Å². The van der Waals surface area contributed by atoms with Crippen molar-refractivity contribution in [3.8, 4) is 33.9 Å². The summed E-state index contributed by atoms with van der Waals surface area (Å²) in [7, 11) is 2.94. The lowest BCUT2D eigenvalue weighted by atomic mass is 10.00. The van der Waals surface area contributed by atoms with Gasteiger partial charge in [-0.3, -0.25) is 14.5 Å². The molecule has 2 aliphatic rings. The molecule has 0 aliphatic carbocycles. The number of rotatable bonds is 12. The maximum Gasteiger partial charge on any atom is 0.407 e. The van der Waals surface area contributed by atoms with Crippen LogP contribution in [-0.2, 0) is 14.3 Å². The van der Waals surface area contributed by atoms with Gasteiger partial charge in [-0.05, 0) is 62.4 Å². The van der Waals surface area contributed by atoms with Crippen molar-refractivity contribution in [2.24, 2.45) is 0 Å². The van der Waals surface area contributed by atoms with E-state index in [9.17, 15) is 14.4 Å². The highest BCUT2D eigenvalue weighted by atomic mass is 16.5. The molecule has 60 heavy (non-hydrogen) atoms. The third-order valence-electron chi connectivity index (χ3n) is 11.7. The van der Waals surface area contributed by atoms with Gasteiger partial charge >= 0.3 is 6.09 Å². The summed E-state index contributed by atoms with van der Waals surface area (Å²) in [6, 6.07) is 25.3. The van der Waals surface area contributed by atoms with Gasteiger partial charge in [0.15, 0.2) is 5.82 Å². The van der Waals surface area contributed by atoms with Crippen LogP contribution < -0.4 is 5.32 Å². The molecule has 4 atom stereocenters. The lowest BCUT2D eigenvalue weighted by Crippen LogP contribution is -2.44. The molecule has 3 amide bonds. The smallest absolute Gasteiger partial charge is 0.407 e. The number of H-pyrrole nitrogens is 2. The Hall–Kier alpha value is -6.67. The maximum absolute atomic E-state index is 14.3. The van der Waals surface area contributed by atoms with E-state index in [1.165, 1.54) is 13.5 Å². The normalized spacial score (nSPS) is 17.1. The van der Waals surface area contributed by atoms with Gasteiger partial charge in [-0.15, -0.1) is 0 Å². The molecular formula is C46H50N10O4. The van der Waals surface area contributed by atoms with Crippen molar-refractivity contribution in [2.45, 2.75) is 63.2 Å². The molecule has 14 nitrogen and oxygen atoms in total. The highest BCUT2D eigenvalue weighted by Crippen LogP contribution is 2.36. The largest absolute Gasteiger partial charge is 0.453 e. The first-order valence-corrected chi connectivity index (χ1v) is 20.6. The number of amides is 3. The van der Waals surface area contributed by atoms with E-state index in [-0.39, 0.29) is 23.9 Å². The van der Waals surface area contributed by atoms with Crippen LogP contribution in [0.2, 0.25) is 0 Å². The first-order valence-electron chi connectivity index (χ1n) is 20.6. The molecule has 14 heteroatoms. The van der Waals surface area contributed by atoms with Crippen molar-refractivity contribution >= 4 is 17.9 Å². The molecule has 3 aromatic heterocycles. The van der Waals surface area contributed by atoms with E-state index in [0.717, 1.165) is 78.2 Å². The molecular weight excluding hydrogens is 757 g/mol. The predicted octanol–water partition coefficient (Wildman–Crippen LogP) is 7.43. The van der Waals surface area contributed by atoms with Gasteiger partial charge in [-0.2, -0.15) is 0 Å². The topological polar surface area (TPSA) is 165 Å². The van der Waals surface area contributed by atoms with Crippen molar-refractivity contribution in [1.82, 2.24) is 49.9 Å². The van der Waals surface area contributed by atoms with Gasteiger partial charge in [-0.1, -0.05) is 91.3 Å². The number of hydrogen-bond acceptors (Lipinski definition) is 9. The summed E-state index contributed by atoms with van der Waals surface area (Å²) in [4.78, 5) is 71.6. The Morgan fingerprint density at radius 3 is 2.05 bits per heavy atom. The molecule has 0 spiro atoms. The molecule has 2 fully saturated rings. The summed E-state index contributed by atoms with van der Waals surface area (Å²) in [5.74, 6) is 1.79. The number of aromatic amines is 2. The number of likely N-dealkylation sites (N-methyl/N-ethyl adjacent to an activating group) is 1. The number of methoxy groups -OCH3 is 1. The molecule has 3 aromatic carbocycles. The summed E-state index contributed by atoms with van der Waals surface area (Å²) >= 11 is 0. The van der Waals surface area contributed by atoms with Crippen molar-refractivity contribution in [2.75, 3.05) is 33.8 Å². The van der Waals surface area contributed by atoms with Crippen molar-refractivity contribution in [1.29, 1.82) is 0 Å². The first kappa shape index (κ1) is 40.1. The average molecular weight is 807 g/mol. The van der Waals surface area contributed by atoms with Gasteiger partial charge in [-0.25, -0.2) is 24.7 Å². The molecule has 3 N–H and O–H groups in total. The Morgan fingerprint density at radius 1 is 0.733 bits per heavy atom. The van der Waals surface area contributed by atoms with Gasteiger partial charge in [0.1, 0.15) is 23.7 Å². The molecule has 8 rings (SSSR count). The monoisotopic (exact) mass is 806 g/mol. The predicted molar refractivity (Wildman–Crippen MR) is 227 cm³/mol. The van der Waals surface area contributed by atoms with Crippen LogP contribution in [0.4, 0.5) is 4.79 Å².